The molecule has 0 radical (unpaired) electrons. The van der Waals surface area contributed by atoms with Crippen LogP contribution in [0.5, 0.6) is 0 Å². The second-order valence-corrected chi connectivity index (χ2v) is 6.84. The van der Waals surface area contributed by atoms with Gasteiger partial charge in [0, 0.05) is 6.04 Å². The van der Waals surface area contributed by atoms with E-state index >= 15 is 0 Å². The van der Waals surface area contributed by atoms with E-state index in [1.165, 1.54) is 19.3 Å². The van der Waals surface area contributed by atoms with Crippen LogP contribution in [0.3, 0.4) is 0 Å². The number of hydrogen-bond donors (Lipinski definition) is 5. The summed E-state index contributed by atoms with van der Waals surface area (Å²) in [6, 6.07) is -0.484. The Morgan fingerprint density at radius 1 is 1.14 bits per heavy atom. The Labute approximate surface area is 132 Å². The number of hydrogen-bond acceptors (Lipinski definition) is 5. The molecule has 0 aliphatic heterocycles. The highest BCUT2D eigenvalue weighted by Crippen LogP contribution is 2.28. The minimum Gasteiger partial charge on any atom is -0.481 e. The molecule has 0 amide bonds. The molecular formula is C16H31NO5. The highest BCUT2D eigenvalue weighted by Gasteiger charge is 2.29. The molecule has 22 heavy (non-hydrogen) atoms. The quantitative estimate of drug-likeness (QED) is 0.430. The first-order chi connectivity index (χ1) is 10.3. The molecule has 0 aromatic rings. The average molecular weight is 317 g/mol. The van der Waals surface area contributed by atoms with Gasteiger partial charge in [0.15, 0.2) is 0 Å². The fraction of sp³-hybridized carbons (Fsp3) is 0.938. The molecule has 0 bridgehead atoms. The summed E-state index contributed by atoms with van der Waals surface area (Å²) < 4.78 is 0. The molecular weight excluding hydrogens is 286 g/mol. The molecule has 1 fully saturated rings. The van der Waals surface area contributed by atoms with Gasteiger partial charge < -0.3 is 26.2 Å². The monoisotopic (exact) mass is 317 g/mol. The smallest absolute Gasteiger partial charge is 0.305 e. The van der Waals surface area contributed by atoms with E-state index in [9.17, 15) is 20.1 Å². The van der Waals surface area contributed by atoms with Gasteiger partial charge in [-0.05, 0) is 24.7 Å². The van der Waals surface area contributed by atoms with Gasteiger partial charge in [0.05, 0.1) is 24.7 Å². The maximum absolute atomic E-state index is 10.6. The zero-order chi connectivity index (χ0) is 16.7. The molecule has 1 aliphatic carbocycles. The Kier molecular flexibility index (Phi) is 8.31. The number of carbonyl (C=O) groups is 1. The molecule has 0 aromatic carbocycles. The third kappa shape index (κ3) is 6.60. The van der Waals surface area contributed by atoms with Gasteiger partial charge >= 0.3 is 5.97 Å². The topological polar surface area (TPSA) is 124 Å². The number of aliphatic hydroxyl groups excluding tert-OH is 3. The van der Waals surface area contributed by atoms with Crippen LogP contribution >= 0.6 is 0 Å². The molecule has 6 nitrogen and oxygen atoms in total. The van der Waals surface area contributed by atoms with E-state index in [2.05, 4.69) is 0 Å². The lowest BCUT2D eigenvalue weighted by atomic mass is 9.82. The fourth-order valence-corrected chi connectivity index (χ4v) is 3.29. The van der Waals surface area contributed by atoms with Gasteiger partial charge in [0.25, 0.3) is 0 Å². The minimum absolute atomic E-state index is 0.133. The Morgan fingerprint density at radius 3 is 2.27 bits per heavy atom. The summed E-state index contributed by atoms with van der Waals surface area (Å²) in [5.41, 5.74) is 6.01. The van der Waals surface area contributed by atoms with Crippen LogP contribution in [-0.4, -0.2) is 50.7 Å². The zero-order valence-corrected chi connectivity index (χ0v) is 13.4. The summed E-state index contributed by atoms with van der Waals surface area (Å²) in [7, 11) is 0. The normalized spacial score (nSPS) is 23.5. The summed E-state index contributed by atoms with van der Waals surface area (Å²) in [5, 5.41) is 38.6. The Balaban J connectivity index is 2.38. The molecule has 130 valence electrons. The molecule has 5 atom stereocenters. The number of nitrogens with two attached hydrogens (primary N) is 1. The predicted molar refractivity (Wildman–Crippen MR) is 83.2 cm³/mol. The molecule has 1 rings (SSSR count). The summed E-state index contributed by atoms with van der Waals surface area (Å²) in [6.07, 6.45) is 3.27. The molecule has 1 saturated carbocycles. The van der Waals surface area contributed by atoms with Crippen molar-refractivity contribution in [1.29, 1.82) is 0 Å². The summed E-state index contributed by atoms with van der Waals surface area (Å²) in [6.45, 7) is 1.66. The van der Waals surface area contributed by atoms with Gasteiger partial charge in [-0.25, -0.2) is 0 Å². The minimum atomic E-state index is -1.08. The molecule has 6 N–H and O–H groups in total. The maximum Gasteiger partial charge on any atom is 0.305 e. The van der Waals surface area contributed by atoms with Crippen molar-refractivity contribution < 1.29 is 25.2 Å². The standard InChI is InChI=1S/C16H31NO5/c1-10(13(18)9-15(20)21)7-14(19)16(22)12(17)8-11-5-3-2-4-6-11/h10-14,16,18-19,22H,2-9,17H2,1H3,(H,20,21)/t10?,12-,13?,14-,16+/m0/s1. The number of carboxylic acids is 1. The van der Waals surface area contributed by atoms with Crippen molar-refractivity contribution in [2.45, 2.75) is 82.6 Å². The predicted octanol–water partition coefficient (Wildman–Crippen LogP) is 0.868. The third-order valence-electron chi connectivity index (χ3n) is 4.82. The number of aliphatic carboxylic acids is 1. The molecule has 0 aromatic heterocycles. The Bertz CT molecular complexity index is 332. The Morgan fingerprint density at radius 2 is 1.73 bits per heavy atom. The summed E-state index contributed by atoms with van der Waals surface area (Å²) >= 11 is 0. The van der Waals surface area contributed by atoms with Gasteiger partial charge in [0.2, 0.25) is 0 Å². The highest BCUT2D eigenvalue weighted by atomic mass is 16.4. The van der Waals surface area contributed by atoms with Crippen molar-refractivity contribution in [2.75, 3.05) is 0 Å². The zero-order valence-electron chi connectivity index (χ0n) is 13.4. The van der Waals surface area contributed by atoms with E-state index in [0.717, 1.165) is 12.8 Å². The first-order valence-electron chi connectivity index (χ1n) is 8.32. The van der Waals surface area contributed by atoms with E-state index in [4.69, 9.17) is 10.8 Å². The van der Waals surface area contributed by atoms with Crippen LogP contribution in [0.15, 0.2) is 0 Å². The van der Waals surface area contributed by atoms with Gasteiger partial charge in [-0.2, -0.15) is 0 Å². The lowest BCUT2D eigenvalue weighted by molar-refractivity contribution is -0.140. The van der Waals surface area contributed by atoms with Crippen molar-refractivity contribution in [3.8, 4) is 0 Å². The summed E-state index contributed by atoms with van der Waals surface area (Å²) in [4.78, 5) is 10.6. The number of aliphatic hydroxyl groups is 3. The van der Waals surface area contributed by atoms with Gasteiger partial charge in [-0.1, -0.05) is 39.0 Å². The lowest BCUT2D eigenvalue weighted by Gasteiger charge is -2.30. The van der Waals surface area contributed by atoms with Gasteiger partial charge in [-0.3, -0.25) is 4.79 Å². The van der Waals surface area contributed by atoms with E-state index in [1.807, 2.05) is 0 Å². The lowest BCUT2D eigenvalue weighted by Crippen LogP contribution is -2.45. The Hall–Kier alpha value is -0.690. The van der Waals surface area contributed by atoms with Crippen molar-refractivity contribution >= 4 is 5.97 Å². The van der Waals surface area contributed by atoms with Crippen LogP contribution < -0.4 is 5.73 Å². The largest absolute Gasteiger partial charge is 0.481 e. The van der Waals surface area contributed by atoms with Crippen molar-refractivity contribution in [1.82, 2.24) is 0 Å². The molecule has 1 aliphatic rings. The molecule has 0 heterocycles. The maximum atomic E-state index is 10.6. The van der Waals surface area contributed by atoms with Crippen LogP contribution in [0.25, 0.3) is 0 Å². The van der Waals surface area contributed by atoms with Crippen LogP contribution in [0.1, 0.15) is 58.3 Å². The van der Waals surface area contributed by atoms with Crippen LogP contribution in [0.2, 0.25) is 0 Å². The van der Waals surface area contributed by atoms with E-state index in [1.54, 1.807) is 6.92 Å². The molecule has 2 unspecified atom stereocenters. The first-order valence-corrected chi connectivity index (χ1v) is 8.32. The van der Waals surface area contributed by atoms with E-state index < -0.39 is 36.2 Å². The van der Waals surface area contributed by atoms with Crippen LogP contribution in [-0.2, 0) is 4.79 Å². The summed E-state index contributed by atoms with van der Waals surface area (Å²) in [5.74, 6) is -0.980. The second-order valence-electron chi connectivity index (χ2n) is 6.84. The first kappa shape index (κ1) is 19.4. The molecule has 0 spiro atoms. The van der Waals surface area contributed by atoms with E-state index in [0.29, 0.717) is 12.3 Å². The SMILES string of the molecule is CC(C[C@H](O)[C@H](O)[C@@H](N)CC1CCCCC1)C(O)CC(=O)O. The fourth-order valence-electron chi connectivity index (χ4n) is 3.29. The highest BCUT2D eigenvalue weighted by molar-refractivity contribution is 5.67. The number of rotatable bonds is 9. The van der Waals surface area contributed by atoms with Crippen molar-refractivity contribution in [2.24, 2.45) is 17.6 Å². The van der Waals surface area contributed by atoms with Crippen LogP contribution in [0.4, 0.5) is 0 Å². The molecule has 6 heteroatoms. The average Bonchev–Trinajstić information content (AvgIpc) is 2.46. The number of carboxylic acid groups (broad SMARTS) is 1. The van der Waals surface area contributed by atoms with Gasteiger partial charge in [0.1, 0.15) is 0 Å². The van der Waals surface area contributed by atoms with Crippen molar-refractivity contribution in [3.05, 3.63) is 0 Å². The van der Waals surface area contributed by atoms with Gasteiger partial charge in [-0.15, -0.1) is 0 Å². The van der Waals surface area contributed by atoms with Crippen LogP contribution in [0, 0.1) is 11.8 Å². The second kappa shape index (κ2) is 9.45. The molecule has 0 saturated heterocycles. The van der Waals surface area contributed by atoms with E-state index in [-0.39, 0.29) is 12.8 Å². The third-order valence-corrected chi connectivity index (χ3v) is 4.82. The van der Waals surface area contributed by atoms with Crippen molar-refractivity contribution in [3.63, 3.8) is 0 Å².